The molecule has 0 aliphatic heterocycles. The zero-order valence-electron chi connectivity index (χ0n) is 10.2. The van der Waals surface area contributed by atoms with Gasteiger partial charge in [0.1, 0.15) is 0 Å². The molecule has 0 fully saturated rings. The number of benzene rings is 1. The monoisotopic (exact) mass is 225 g/mol. The van der Waals surface area contributed by atoms with Crippen LogP contribution in [0.15, 0.2) is 18.2 Å². The SMILES string of the molecule is CC(=O)c1c2c(nc3ccc(C)cc13)CCC2. The van der Waals surface area contributed by atoms with E-state index in [2.05, 4.69) is 24.0 Å². The highest BCUT2D eigenvalue weighted by Gasteiger charge is 2.21. The van der Waals surface area contributed by atoms with Crippen LogP contribution in [0.25, 0.3) is 10.9 Å². The van der Waals surface area contributed by atoms with Gasteiger partial charge in [-0.1, -0.05) is 11.6 Å². The maximum Gasteiger partial charge on any atom is 0.160 e. The van der Waals surface area contributed by atoms with Crippen LogP contribution >= 0.6 is 0 Å². The number of carbonyl (C=O) groups is 1. The van der Waals surface area contributed by atoms with Gasteiger partial charge in [-0.15, -0.1) is 0 Å². The molecule has 0 saturated heterocycles. The molecule has 1 aromatic carbocycles. The fraction of sp³-hybridized carbons (Fsp3) is 0.333. The molecule has 1 aliphatic carbocycles. The van der Waals surface area contributed by atoms with Crippen LogP contribution in [-0.2, 0) is 12.8 Å². The molecule has 86 valence electrons. The van der Waals surface area contributed by atoms with Gasteiger partial charge in [0.05, 0.1) is 5.52 Å². The van der Waals surface area contributed by atoms with Crippen molar-refractivity contribution in [2.75, 3.05) is 0 Å². The van der Waals surface area contributed by atoms with Crippen molar-refractivity contribution < 1.29 is 4.79 Å². The Kier molecular flexibility index (Phi) is 2.25. The van der Waals surface area contributed by atoms with Gasteiger partial charge in [0.25, 0.3) is 0 Å². The van der Waals surface area contributed by atoms with Gasteiger partial charge < -0.3 is 0 Å². The molecule has 1 heterocycles. The van der Waals surface area contributed by atoms with Crippen molar-refractivity contribution in [1.29, 1.82) is 0 Å². The third kappa shape index (κ3) is 1.55. The Hall–Kier alpha value is -1.70. The van der Waals surface area contributed by atoms with Gasteiger partial charge >= 0.3 is 0 Å². The average Bonchev–Trinajstić information content (AvgIpc) is 2.72. The first-order valence-corrected chi connectivity index (χ1v) is 6.10. The van der Waals surface area contributed by atoms with E-state index in [1.165, 1.54) is 11.1 Å². The van der Waals surface area contributed by atoms with Gasteiger partial charge in [-0.2, -0.15) is 0 Å². The number of Topliss-reactive ketones (excluding diaryl/α,β-unsaturated/α-hetero) is 1. The van der Waals surface area contributed by atoms with E-state index < -0.39 is 0 Å². The Bertz CT molecular complexity index is 628. The maximum atomic E-state index is 11.9. The number of hydrogen-bond donors (Lipinski definition) is 0. The first-order valence-electron chi connectivity index (χ1n) is 6.10. The molecular formula is C15H15NO. The minimum Gasteiger partial charge on any atom is -0.294 e. The minimum atomic E-state index is 0.168. The molecule has 2 aromatic rings. The molecular weight excluding hydrogens is 210 g/mol. The number of nitrogens with zero attached hydrogens (tertiary/aromatic N) is 1. The van der Waals surface area contributed by atoms with Crippen LogP contribution in [0.3, 0.4) is 0 Å². The maximum absolute atomic E-state index is 11.9. The van der Waals surface area contributed by atoms with E-state index in [0.29, 0.717) is 0 Å². The van der Waals surface area contributed by atoms with Gasteiger partial charge in [-0.3, -0.25) is 9.78 Å². The number of fused-ring (bicyclic) bond motifs is 2. The summed E-state index contributed by atoms with van der Waals surface area (Å²) in [6, 6.07) is 6.16. The van der Waals surface area contributed by atoms with Crippen molar-refractivity contribution in [3.63, 3.8) is 0 Å². The summed E-state index contributed by atoms with van der Waals surface area (Å²) in [7, 11) is 0. The molecule has 17 heavy (non-hydrogen) atoms. The van der Waals surface area contributed by atoms with E-state index in [1.54, 1.807) is 6.92 Å². The zero-order valence-corrected chi connectivity index (χ0v) is 10.2. The first kappa shape index (κ1) is 10.5. The molecule has 2 heteroatoms. The summed E-state index contributed by atoms with van der Waals surface area (Å²) >= 11 is 0. The Balaban J connectivity index is 2.45. The van der Waals surface area contributed by atoms with Crippen LogP contribution in [0.5, 0.6) is 0 Å². The van der Waals surface area contributed by atoms with E-state index >= 15 is 0 Å². The summed E-state index contributed by atoms with van der Waals surface area (Å²) in [4.78, 5) is 16.6. The van der Waals surface area contributed by atoms with E-state index in [9.17, 15) is 4.79 Å². The van der Waals surface area contributed by atoms with Crippen LogP contribution in [0.1, 0.15) is 40.5 Å². The van der Waals surface area contributed by atoms with Crippen molar-refractivity contribution in [1.82, 2.24) is 4.98 Å². The summed E-state index contributed by atoms with van der Waals surface area (Å²) < 4.78 is 0. The average molecular weight is 225 g/mol. The fourth-order valence-corrected chi connectivity index (χ4v) is 2.78. The molecule has 0 saturated carbocycles. The fourth-order valence-electron chi connectivity index (χ4n) is 2.78. The largest absolute Gasteiger partial charge is 0.294 e. The number of hydrogen-bond acceptors (Lipinski definition) is 2. The Morgan fingerprint density at radius 1 is 1.29 bits per heavy atom. The second kappa shape index (κ2) is 3.66. The van der Waals surface area contributed by atoms with Gasteiger partial charge in [0.2, 0.25) is 0 Å². The first-order chi connectivity index (χ1) is 8.16. The van der Waals surface area contributed by atoms with E-state index in [0.717, 1.165) is 41.4 Å². The third-order valence-electron chi connectivity index (χ3n) is 3.52. The van der Waals surface area contributed by atoms with Crippen LogP contribution in [0, 0.1) is 6.92 Å². The van der Waals surface area contributed by atoms with E-state index in [-0.39, 0.29) is 5.78 Å². The predicted molar refractivity (Wildman–Crippen MR) is 68.5 cm³/mol. The normalized spacial score (nSPS) is 14.0. The molecule has 0 spiro atoms. The van der Waals surface area contributed by atoms with Crippen LogP contribution < -0.4 is 0 Å². The smallest absolute Gasteiger partial charge is 0.160 e. The van der Waals surface area contributed by atoms with Gasteiger partial charge in [-0.25, -0.2) is 0 Å². The lowest BCUT2D eigenvalue weighted by Crippen LogP contribution is -2.03. The van der Waals surface area contributed by atoms with Crippen molar-refractivity contribution in [3.8, 4) is 0 Å². The summed E-state index contributed by atoms with van der Waals surface area (Å²) in [6.07, 6.45) is 3.14. The lowest BCUT2D eigenvalue weighted by atomic mass is 9.97. The minimum absolute atomic E-state index is 0.168. The molecule has 0 N–H and O–H groups in total. The quantitative estimate of drug-likeness (QED) is 0.697. The third-order valence-corrected chi connectivity index (χ3v) is 3.52. The molecule has 0 bridgehead atoms. The lowest BCUT2D eigenvalue weighted by Gasteiger charge is -2.10. The molecule has 3 rings (SSSR count). The number of ketones is 1. The number of rotatable bonds is 1. The van der Waals surface area contributed by atoms with Gasteiger partial charge in [0, 0.05) is 16.6 Å². The van der Waals surface area contributed by atoms with Crippen LogP contribution in [-0.4, -0.2) is 10.8 Å². The van der Waals surface area contributed by atoms with Crippen molar-refractivity contribution in [2.24, 2.45) is 0 Å². The molecule has 1 aliphatic rings. The molecule has 0 radical (unpaired) electrons. The zero-order chi connectivity index (χ0) is 12.0. The lowest BCUT2D eigenvalue weighted by molar-refractivity contribution is 0.101. The number of pyridine rings is 1. The highest BCUT2D eigenvalue weighted by molar-refractivity contribution is 6.08. The van der Waals surface area contributed by atoms with Crippen molar-refractivity contribution in [3.05, 3.63) is 40.6 Å². The van der Waals surface area contributed by atoms with E-state index in [1.807, 2.05) is 6.07 Å². The predicted octanol–water partition coefficient (Wildman–Crippen LogP) is 3.23. The summed E-state index contributed by atoms with van der Waals surface area (Å²) in [5.74, 6) is 0.168. The van der Waals surface area contributed by atoms with Crippen LogP contribution in [0.4, 0.5) is 0 Å². The second-order valence-electron chi connectivity index (χ2n) is 4.84. The van der Waals surface area contributed by atoms with Gasteiger partial charge in [0.15, 0.2) is 5.78 Å². The van der Waals surface area contributed by atoms with Crippen molar-refractivity contribution in [2.45, 2.75) is 33.1 Å². The number of aryl methyl sites for hydroxylation is 2. The summed E-state index contributed by atoms with van der Waals surface area (Å²) in [5.41, 5.74) is 5.37. The topological polar surface area (TPSA) is 30.0 Å². The Labute approximate surface area is 101 Å². The van der Waals surface area contributed by atoms with Gasteiger partial charge in [-0.05, 0) is 50.8 Å². The second-order valence-corrected chi connectivity index (χ2v) is 4.84. The molecule has 2 nitrogen and oxygen atoms in total. The summed E-state index contributed by atoms with van der Waals surface area (Å²) in [6.45, 7) is 3.71. The Morgan fingerprint density at radius 3 is 2.88 bits per heavy atom. The highest BCUT2D eigenvalue weighted by atomic mass is 16.1. The highest BCUT2D eigenvalue weighted by Crippen LogP contribution is 2.30. The molecule has 1 aromatic heterocycles. The van der Waals surface area contributed by atoms with E-state index in [4.69, 9.17) is 0 Å². The number of carbonyl (C=O) groups excluding carboxylic acids is 1. The summed E-state index contributed by atoms with van der Waals surface area (Å²) in [5, 5.41) is 1.03. The molecule has 0 unspecified atom stereocenters. The number of aromatic nitrogens is 1. The van der Waals surface area contributed by atoms with Crippen molar-refractivity contribution >= 4 is 16.7 Å². The standard InChI is InChI=1S/C15H15NO/c1-9-6-7-14-12(8-9)15(10(2)17)11-4-3-5-13(11)16-14/h6-8H,3-5H2,1-2H3. The molecule has 0 atom stereocenters. The Morgan fingerprint density at radius 2 is 2.12 bits per heavy atom. The molecule has 0 amide bonds. The van der Waals surface area contributed by atoms with Crippen LogP contribution in [0.2, 0.25) is 0 Å².